The zero-order chi connectivity index (χ0) is 14.4. The summed E-state index contributed by atoms with van der Waals surface area (Å²) in [4.78, 5) is 35.2. The highest BCUT2D eigenvalue weighted by Crippen LogP contribution is 2.22. The molecule has 1 unspecified atom stereocenters. The summed E-state index contributed by atoms with van der Waals surface area (Å²) < 4.78 is 0. The highest BCUT2D eigenvalue weighted by molar-refractivity contribution is 8.00. The minimum atomic E-state index is -0.799. The number of amides is 2. The average Bonchev–Trinajstić information content (AvgIpc) is 2.31. The lowest BCUT2D eigenvalue weighted by molar-refractivity contribution is -0.143. The number of carbonyl (C=O) groups is 3. The van der Waals surface area contributed by atoms with Gasteiger partial charge in [-0.25, -0.2) is 0 Å². The zero-order valence-corrected chi connectivity index (χ0v) is 12.2. The summed E-state index contributed by atoms with van der Waals surface area (Å²) in [5.74, 6) is 0.270. The molecule has 19 heavy (non-hydrogen) atoms. The van der Waals surface area contributed by atoms with Crippen LogP contribution in [0.5, 0.6) is 0 Å². The van der Waals surface area contributed by atoms with Crippen LogP contribution in [-0.4, -0.2) is 45.8 Å². The van der Waals surface area contributed by atoms with Gasteiger partial charge in [0.2, 0.25) is 11.8 Å². The summed E-state index contributed by atoms with van der Waals surface area (Å²) in [5, 5.41) is 8.72. The molecule has 0 radical (unpaired) electrons. The number of rotatable bonds is 7. The number of imide groups is 1. The van der Waals surface area contributed by atoms with Crippen molar-refractivity contribution in [3.8, 4) is 0 Å². The quantitative estimate of drug-likeness (QED) is 0.720. The molecule has 0 aliphatic carbocycles. The van der Waals surface area contributed by atoms with E-state index in [0.29, 0.717) is 36.8 Å². The van der Waals surface area contributed by atoms with Crippen molar-refractivity contribution in [2.45, 2.75) is 33.1 Å². The maximum absolute atomic E-state index is 11.6. The zero-order valence-electron chi connectivity index (χ0n) is 11.4. The molecule has 1 aliphatic heterocycles. The van der Waals surface area contributed by atoms with Gasteiger partial charge in [0.05, 0.1) is 11.5 Å². The molecule has 0 aromatic heterocycles. The number of carboxylic acids is 1. The van der Waals surface area contributed by atoms with E-state index in [4.69, 9.17) is 5.11 Å². The maximum Gasteiger partial charge on any atom is 0.303 e. The number of nitrogens with zero attached hydrogens (tertiary/aromatic N) is 1. The summed E-state index contributed by atoms with van der Waals surface area (Å²) in [5.41, 5.74) is 0. The van der Waals surface area contributed by atoms with Crippen molar-refractivity contribution in [3.05, 3.63) is 0 Å². The third-order valence-electron chi connectivity index (χ3n) is 3.45. The molecular formula is C13H21NO4S. The molecule has 2 amide bonds. The van der Waals surface area contributed by atoms with Crippen LogP contribution in [0.15, 0.2) is 0 Å². The number of carboxylic acid groups (broad SMARTS) is 1. The second-order valence-electron chi connectivity index (χ2n) is 5.16. The van der Waals surface area contributed by atoms with Crippen molar-refractivity contribution in [3.63, 3.8) is 0 Å². The van der Waals surface area contributed by atoms with Crippen LogP contribution in [-0.2, 0) is 14.4 Å². The topological polar surface area (TPSA) is 74.7 Å². The maximum atomic E-state index is 11.6. The Bertz CT molecular complexity index is 341. The van der Waals surface area contributed by atoms with E-state index >= 15 is 0 Å². The molecule has 108 valence electrons. The second kappa shape index (κ2) is 7.53. The van der Waals surface area contributed by atoms with E-state index in [1.807, 2.05) is 13.8 Å². The van der Waals surface area contributed by atoms with Crippen LogP contribution in [0.3, 0.4) is 0 Å². The van der Waals surface area contributed by atoms with Crippen LogP contribution in [0.2, 0.25) is 0 Å². The fourth-order valence-electron chi connectivity index (χ4n) is 2.18. The van der Waals surface area contributed by atoms with Gasteiger partial charge < -0.3 is 5.11 Å². The predicted molar refractivity (Wildman–Crippen MR) is 73.9 cm³/mol. The van der Waals surface area contributed by atoms with Crippen molar-refractivity contribution >= 4 is 29.5 Å². The largest absolute Gasteiger partial charge is 0.481 e. The van der Waals surface area contributed by atoms with E-state index in [-0.39, 0.29) is 24.2 Å². The van der Waals surface area contributed by atoms with Gasteiger partial charge in [0, 0.05) is 13.0 Å². The number of aliphatic carboxylic acids is 1. The Balaban J connectivity index is 2.48. The fourth-order valence-corrected chi connectivity index (χ4v) is 2.95. The average molecular weight is 287 g/mol. The van der Waals surface area contributed by atoms with Gasteiger partial charge >= 0.3 is 5.97 Å². The smallest absolute Gasteiger partial charge is 0.303 e. The molecule has 0 aromatic rings. The summed E-state index contributed by atoms with van der Waals surface area (Å²) in [6.07, 6.45) is 1.42. The van der Waals surface area contributed by atoms with Crippen LogP contribution in [0.25, 0.3) is 0 Å². The van der Waals surface area contributed by atoms with Crippen LogP contribution in [0, 0.1) is 11.8 Å². The van der Waals surface area contributed by atoms with Gasteiger partial charge in [-0.1, -0.05) is 13.8 Å². The van der Waals surface area contributed by atoms with Gasteiger partial charge in [0.15, 0.2) is 0 Å². The molecule has 0 spiro atoms. The van der Waals surface area contributed by atoms with E-state index < -0.39 is 5.97 Å². The van der Waals surface area contributed by atoms with E-state index in [1.165, 1.54) is 16.7 Å². The fraction of sp³-hybridized carbons (Fsp3) is 0.769. The van der Waals surface area contributed by atoms with E-state index in [0.717, 1.165) is 0 Å². The molecule has 1 N–H and O–H groups in total. The SMILES string of the molecule is CC(C)C(CCC(=O)O)CCN1C(=O)CSCC1=O. The molecule has 1 heterocycles. The number of hydrogen-bond donors (Lipinski definition) is 1. The van der Waals surface area contributed by atoms with Crippen molar-refractivity contribution in [2.24, 2.45) is 11.8 Å². The first-order chi connectivity index (χ1) is 8.91. The third kappa shape index (κ3) is 5.22. The molecule has 1 atom stereocenters. The van der Waals surface area contributed by atoms with Gasteiger partial charge in [-0.3, -0.25) is 19.3 Å². The Labute approximate surface area is 117 Å². The lowest BCUT2D eigenvalue weighted by atomic mass is 9.88. The van der Waals surface area contributed by atoms with Crippen LogP contribution in [0.4, 0.5) is 0 Å². The first kappa shape index (κ1) is 16.0. The van der Waals surface area contributed by atoms with Crippen LogP contribution >= 0.6 is 11.8 Å². The Morgan fingerprint density at radius 1 is 1.26 bits per heavy atom. The van der Waals surface area contributed by atoms with Crippen molar-refractivity contribution in [1.29, 1.82) is 0 Å². The summed E-state index contributed by atoms with van der Waals surface area (Å²) in [6, 6.07) is 0. The molecule has 1 saturated heterocycles. The normalized spacial score (nSPS) is 17.9. The molecule has 6 heteroatoms. The van der Waals surface area contributed by atoms with Gasteiger partial charge in [-0.2, -0.15) is 0 Å². The monoisotopic (exact) mass is 287 g/mol. The lowest BCUT2D eigenvalue weighted by Gasteiger charge is -2.27. The molecule has 1 fully saturated rings. The summed E-state index contributed by atoms with van der Waals surface area (Å²) >= 11 is 1.35. The van der Waals surface area contributed by atoms with Gasteiger partial charge in [0.1, 0.15) is 0 Å². The first-order valence-corrected chi connectivity index (χ1v) is 7.70. The molecule has 0 bridgehead atoms. The molecule has 0 saturated carbocycles. The summed E-state index contributed by atoms with van der Waals surface area (Å²) in [7, 11) is 0. The van der Waals surface area contributed by atoms with Crippen molar-refractivity contribution in [2.75, 3.05) is 18.1 Å². The Morgan fingerprint density at radius 2 is 1.84 bits per heavy atom. The number of carbonyl (C=O) groups excluding carboxylic acids is 2. The molecule has 0 aromatic carbocycles. The minimum Gasteiger partial charge on any atom is -0.481 e. The van der Waals surface area contributed by atoms with Crippen molar-refractivity contribution < 1.29 is 19.5 Å². The van der Waals surface area contributed by atoms with Gasteiger partial charge in [-0.05, 0) is 24.7 Å². The van der Waals surface area contributed by atoms with E-state index in [2.05, 4.69) is 0 Å². The van der Waals surface area contributed by atoms with E-state index in [9.17, 15) is 14.4 Å². The van der Waals surface area contributed by atoms with Gasteiger partial charge in [-0.15, -0.1) is 11.8 Å². The number of thioether (sulfide) groups is 1. The minimum absolute atomic E-state index is 0.123. The predicted octanol–water partition coefficient (Wildman–Crippen LogP) is 1.62. The lowest BCUT2D eigenvalue weighted by Crippen LogP contribution is -2.44. The third-order valence-corrected chi connectivity index (χ3v) is 4.35. The highest BCUT2D eigenvalue weighted by Gasteiger charge is 2.27. The Kier molecular flexibility index (Phi) is 6.34. The Morgan fingerprint density at radius 3 is 2.32 bits per heavy atom. The molecule has 1 aliphatic rings. The first-order valence-electron chi connectivity index (χ1n) is 6.54. The number of hydrogen-bond acceptors (Lipinski definition) is 4. The Hall–Kier alpha value is -1.04. The molecule has 1 rings (SSSR count). The standard InChI is InChI=1S/C13H21NO4S/c1-9(2)10(3-4-13(17)18)5-6-14-11(15)7-19-8-12(14)16/h9-10H,3-8H2,1-2H3,(H,17,18). The molecule has 5 nitrogen and oxygen atoms in total. The van der Waals surface area contributed by atoms with Crippen molar-refractivity contribution in [1.82, 2.24) is 4.90 Å². The molecular weight excluding hydrogens is 266 g/mol. The van der Waals surface area contributed by atoms with E-state index in [1.54, 1.807) is 0 Å². The highest BCUT2D eigenvalue weighted by atomic mass is 32.2. The van der Waals surface area contributed by atoms with Crippen LogP contribution in [0.1, 0.15) is 33.1 Å². The van der Waals surface area contributed by atoms with Crippen LogP contribution < -0.4 is 0 Å². The summed E-state index contributed by atoms with van der Waals surface area (Å²) in [6.45, 7) is 4.51. The van der Waals surface area contributed by atoms with Gasteiger partial charge in [0.25, 0.3) is 0 Å². The second-order valence-corrected chi connectivity index (χ2v) is 6.14.